The van der Waals surface area contributed by atoms with Gasteiger partial charge in [-0.15, -0.1) is 24.0 Å². The third kappa shape index (κ3) is 8.63. The van der Waals surface area contributed by atoms with Crippen LogP contribution >= 0.6 is 24.0 Å². The van der Waals surface area contributed by atoms with Crippen LogP contribution in [0.1, 0.15) is 25.5 Å². The number of morpholine rings is 1. The molecule has 0 radical (unpaired) electrons. The Bertz CT molecular complexity index is 669. The summed E-state index contributed by atoms with van der Waals surface area (Å²) >= 11 is 0. The fourth-order valence-corrected chi connectivity index (χ4v) is 3.55. The molecule has 8 nitrogen and oxygen atoms in total. The Labute approximate surface area is 204 Å². The highest BCUT2D eigenvalue weighted by Gasteiger charge is 2.19. The molecule has 2 unspecified atom stereocenters. The molecule has 0 aliphatic carbocycles. The van der Waals surface area contributed by atoms with Crippen LogP contribution in [0.25, 0.3) is 0 Å². The van der Waals surface area contributed by atoms with Crippen molar-refractivity contribution in [2.75, 3.05) is 74.3 Å². The first-order chi connectivity index (χ1) is 14.5. The molecular weight excluding hydrogens is 509 g/mol. The van der Waals surface area contributed by atoms with Gasteiger partial charge in [0.15, 0.2) is 17.5 Å². The molecule has 1 saturated heterocycles. The van der Waals surface area contributed by atoms with Crippen LogP contribution in [0.15, 0.2) is 23.2 Å². The van der Waals surface area contributed by atoms with Crippen molar-refractivity contribution in [3.05, 3.63) is 23.8 Å². The van der Waals surface area contributed by atoms with E-state index in [0.29, 0.717) is 6.04 Å². The second-order valence-corrected chi connectivity index (χ2v) is 7.69. The minimum Gasteiger partial charge on any atom is -0.493 e. The summed E-state index contributed by atoms with van der Waals surface area (Å²) in [5, 5.41) is 6.87. The molecule has 0 spiro atoms. The minimum atomic E-state index is 0. The average molecular weight is 549 g/mol. The predicted octanol–water partition coefficient (Wildman–Crippen LogP) is 2.20. The van der Waals surface area contributed by atoms with Crippen LogP contribution in [0.4, 0.5) is 0 Å². The number of methoxy groups -OCH3 is 2. The second kappa shape index (κ2) is 14.7. The van der Waals surface area contributed by atoms with Crippen molar-refractivity contribution in [3.63, 3.8) is 0 Å². The Hall–Kier alpha value is -1.30. The van der Waals surface area contributed by atoms with E-state index in [1.54, 1.807) is 14.2 Å². The molecule has 2 atom stereocenters. The molecule has 0 aromatic heterocycles. The molecule has 1 aromatic rings. The van der Waals surface area contributed by atoms with Crippen molar-refractivity contribution < 1.29 is 14.2 Å². The molecular formula is C22H40IN5O3. The van der Waals surface area contributed by atoms with Gasteiger partial charge in [0.25, 0.3) is 0 Å². The van der Waals surface area contributed by atoms with Crippen molar-refractivity contribution >= 4 is 29.9 Å². The molecule has 1 fully saturated rings. The number of nitrogens with zero attached hydrogens (tertiary/aromatic N) is 3. The number of hydrogen-bond donors (Lipinski definition) is 2. The second-order valence-electron chi connectivity index (χ2n) is 7.69. The summed E-state index contributed by atoms with van der Waals surface area (Å²) < 4.78 is 16.3. The first-order valence-corrected chi connectivity index (χ1v) is 10.7. The highest BCUT2D eigenvalue weighted by molar-refractivity contribution is 14.0. The number of benzene rings is 1. The lowest BCUT2D eigenvalue weighted by atomic mass is 10.1. The molecule has 9 heteroatoms. The molecule has 1 aromatic carbocycles. The van der Waals surface area contributed by atoms with Crippen molar-refractivity contribution in [2.24, 2.45) is 4.99 Å². The molecule has 31 heavy (non-hydrogen) atoms. The van der Waals surface area contributed by atoms with Crippen molar-refractivity contribution in [2.45, 2.75) is 25.9 Å². The van der Waals surface area contributed by atoms with Gasteiger partial charge in [-0.1, -0.05) is 6.07 Å². The Morgan fingerprint density at radius 3 is 2.42 bits per heavy atom. The zero-order valence-corrected chi connectivity index (χ0v) is 22.1. The molecule has 0 bridgehead atoms. The monoisotopic (exact) mass is 549 g/mol. The maximum Gasteiger partial charge on any atom is 0.191 e. The van der Waals surface area contributed by atoms with Crippen LogP contribution in [0.5, 0.6) is 11.5 Å². The van der Waals surface area contributed by atoms with E-state index in [1.165, 1.54) is 0 Å². The lowest BCUT2D eigenvalue weighted by Crippen LogP contribution is -2.45. The fourth-order valence-electron chi connectivity index (χ4n) is 3.55. The minimum absolute atomic E-state index is 0. The summed E-state index contributed by atoms with van der Waals surface area (Å²) in [5.74, 6) is 2.31. The highest BCUT2D eigenvalue weighted by Crippen LogP contribution is 2.31. The number of ether oxygens (including phenoxy) is 3. The predicted molar refractivity (Wildman–Crippen MR) is 137 cm³/mol. The van der Waals surface area contributed by atoms with Gasteiger partial charge < -0.3 is 29.7 Å². The molecule has 1 aliphatic rings. The zero-order chi connectivity index (χ0) is 21.9. The van der Waals surface area contributed by atoms with Crippen LogP contribution in [-0.2, 0) is 4.74 Å². The van der Waals surface area contributed by atoms with Crippen molar-refractivity contribution in [1.82, 2.24) is 20.4 Å². The van der Waals surface area contributed by atoms with E-state index in [9.17, 15) is 0 Å². The number of likely N-dealkylation sites (N-methyl/N-ethyl adjacent to an activating group) is 1. The van der Waals surface area contributed by atoms with E-state index >= 15 is 0 Å². The van der Waals surface area contributed by atoms with E-state index in [0.717, 1.165) is 69.0 Å². The Morgan fingerprint density at radius 1 is 1.16 bits per heavy atom. The van der Waals surface area contributed by atoms with Crippen LogP contribution in [-0.4, -0.2) is 96.1 Å². The van der Waals surface area contributed by atoms with Gasteiger partial charge in [0, 0.05) is 32.2 Å². The van der Waals surface area contributed by atoms with Crippen LogP contribution in [0.3, 0.4) is 0 Å². The number of guanidine groups is 1. The first-order valence-electron chi connectivity index (χ1n) is 10.7. The first kappa shape index (κ1) is 27.7. The Kier molecular flexibility index (Phi) is 13.2. The van der Waals surface area contributed by atoms with Gasteiger partial charge in [-0.2, -0.15) is 0 Å². The maximum absolute atomic E-state index is 5.48. The largest absolute Gasteiger partial charge is 0.493 e. The molecule has 178 valence electrons. The van der Waals surface area contributed by atoms with Crippen molar-refractivity contribution in [3.8, 4) is 11.5 Å². The molecule has 2 rings (SSSR count). The fraction of sp³-hybridized carbons (Fsp3) is 0.682. The number of halogens is 1. The number of hydrogen-bond acceptors (Lipinski definition) is 6. The normalized spacial score (nSPS) is 16.9. The third-order valence-electron chi connectivity index (χ3n) is 5.41. The van der Waals surface area contributed by atoms with E-state index in [1.807, 2.05) is 12.1 Å². The van der Waals surface area contributed by atoms with Gasteiger partial charge in [-0.25, -0.2) is 0 Å². The number of rotatable bonds is 10. The molecule has 1 heterocycles. The smallest absolute Gasteiger partial charge is 0.191 e. The van der Waals surface area contributed by atoms with Crippen LogP contribution in [0.2, 0.25) is 0 Å². The Morgan fingerprint density at radius 2 is 1.84 bits per heavy atom. The summed E-state index contributed by atoms with van der Waals surface area (Å²) in [5.41, 5.74) is 1.16. The van der Waals surface area contributed by atoms with E-state index in [-0.39, 0.29) is 30.0 Å². The van der Waals surface area contributed by atoms with Crippen molar-refractivity contribution in [1.29, 1.82) is 0 Å². The van der Waals surface area contributed by atoms with E-state index in [2.05, 4.69) is 54.4 Å². The van der Waals surface area contributed by atoms with E-state index in [4.69, 9.17) is 19.2 Å². The van der Waals surface area contributed by atoms with Crippen LogP contribution in [0, 0.1) is 0 Å². The van der Waals surface area contributed by atoms with Gasteiger partial charge in [-0.05, 0) is 45.6 Å². The zero-order valence-electron chi connectivity index (χ0n) is 19.8. The SMILES string of the molecule is CCNC(=NCC(C)N1CCOCC1)NCC(c1ccc(OC)c(OC)c1)N(C)C.I. The van der Waals surface area contributed by atoms with Gasteiger partial charge in [0.05, 0.1) is 40.0 Å². The van der Waals surface area contributed by atoms with Gasteiger partial charge in [0.1, 0.15) is 0 Å². The van der Waals surface area contributed by atoms with Gasteiger partial charge >= 0.3 is 0 Å². The Balaban J connectivity index is 0.00000480. The maximum atomic E-state index is 5.48. The lowest BCUT2D eigenvalue weighted by molar-refractivity contribution is 0.0220. The summed E-state index contributed by atoms with van der Waals surface area (Å²) in [6, 6.07) is 6.62. The quantitative estimate of drug-likeness (QED) is 0.264. The summed E-state index contributed by atoms with van der Waals surface area (Å²) in [6.07, 6.45) is 0. The molecule has 2 N–H and O–H groups in total. The number of nitrogens with one attached hydrogen (secondary N) is 2. The lowest BCUT2D eigenvalue weighted by Gasteiger charge is -2.31. The van der Waals surface area contributed by atoms with Crippen LogP contribution < -0.4 is 20.1 Å². The molecule has 0 amide bonds. The third-order valence-corrected chi connectivity index (χ3v) is 5.41. The standard InChI is InChI=1S/C22H39N5O3.HI/c1-7-23-22(24-15-17(2)27-10-12-30-13-11-27)25-16-19(26(3)4)18-8-9-20(28-5)21(14-18)29-6;/h8-9,14,17,19H,7,10-13,15-16H2,1-6H3,(H2,23,24,25);1H. The number of aliphatic imine (C=N–C) groups is 1. The highest BCUT2D eigenvalue weighted by atomic mass is 127. The molecule has 0 saturated carbocycles. The topological polar surface area (TPSA) is 70.6 Å². The van der Waals surface area contributed by atoms with Gasteiger partial charge in [0.2, 0.25) is 0 Å². The summed E-state index contributed by atoms with van der Waals surface area (Å²) in [6.45, 7) is 10.2. The average Bonchev–Trinajstić information content (AvgIpc) is 2.77. The summed E-state index contributed by atoms with van der Waals surface area (Å²) in [7, 11) is 7.47. The van der Waals surface area contributed by atoms with E-state index < -0.39 is 0 Å². The summed E-state index contributed by atoms with van der Waals surface area (Å²) in [4.78, 5) is 9.45. The molecule has 1 aliphatic heterocycles. The van der Waals surface area contributed by atoms with Gasteiger partial charge in [-0.3, -0.25) is 9.89 Å².